The summed E-state index contributed by atoms with van der Waals surface area (Å²) in [7, 11) is 0. The summed E-state index contributed by atoms with van der Waals surface area (Å²) in [5.41, 5.74) is 1.81. The fourth-order valence-corrected chi connectivity index (χ4v) is 2.92. The predicted molar refractivity (Wildman–Crippen MR) is 91.3 cm³/mol. The van der Waals surface area contributed by atoms with E-state index >= 15 is 0 Å². The van der Waals surface area contributed by atoms with Crippen LogP contribution in [0.4, 0.5) is 4.79 Å². The van der Waals surface area contributed by atoms with Crippen LogP contribution in [0.1, 0.15) is 11.1 Å². The van der Waals surface area contributed by atoms with Crippen molar-refractivity contribution in [3.05, 3.63) is 69.6 Å². The van der Waals surface area contributed by atoms with Gasteiger partial charge in [-0.3, -0.25) is 14.9 Å². The van der Waals surface area contributed by atoms with Gasteiger partial charge in [-0.25, -0.2) is 0 Å². The van der Waals surface area contributed by atoms with Crippen molar-refractivity contribution in [3.63, 3.8) is 0 Å². The molecule has 3 rings (SSSR count). The Morgan fingerprint density at radius 1 is 1.13 bits per heavy atom. The van der Waals surface area contributed by atoms with Gasteiger partial charge < -0.3 is 4.74 Å². The Kier molecular flexibility index (Phi) is 4.69. The van der Waals surface area contributed by atoms with Gasteiger partial charge in [0.1, 0.15) is 12.4 Å². The largest absolute Gasteiger partial charge is 0.489 e. The third-order valence-electron chi connectivity index (χ3n) is 3.11. The first-order chi connectivity index (χ1) is 11.1. The molecular formula is C17H12ClNO3S. The third kappa shape index (κ3) is 4.15. The van der Waals surface area contributed by atoms with Crippen molar-refractivity contribution in [2.24, 2.45) is 0 Å². The lowest BCUT2D eigenvalue weighted by Crippen LogP contribution is -2.17. The van der Waals surface area contributed by atoms with Crippen molar-refractivity contribution in [2.75, 3.05) is 0 Å². The minimum Gasteiger partial charge on any atom is -0.489 e. The maximum Gasteiger partial charge on any atom is 0.290 e. The van der Waals surface area contributed by atoms with Crippen LogP contribution in [0.15, 0.2) is 53.4 Å². The lowest BCUT2D eigenvalue weighted by molar-refractivity contribution is -0.115. The van der Waals surface area contributed by atoms with E-state index in [0.717, 1.165) is 22.9 Å². The topological polar surface area (TPSA) is 55.4 Å². The molecule has 0 spiro atoms. The Labute approximate surface area is 142 Å². The first kappa shape index (κ1) is 15.6. The highest BCUT2D eigenvalue weighted by atomic mass is 35.5. The van der Waals surface area contributed by atoms with Crippen molar-refractivity contribution in [1.82, 2.24) is 5.32 Å². The minimum absolute atomic E-state index is 0.345. The molecule has 1 aliphatic heterocycles. The van der Waals surface area contributed by atoms with Gasteiger partial charge in [0.05, 0.1) is 4.91 Å². The monoisotopic (exact) mass is 345 g/mol. The third-order valence-corrected chi connectivity index (χ3v) is 4.16. The van der Waals surface area contributed by atoms with E-state index in [1.165, 1.54) is 0 Å². The number of amides is 2. The average molecular weight is 346 g/mol. The Bertz CT molecular complexity index is 787. The molecule has 1 N–H and O–H groups in total. The first-order valence-electron chi connectivity index (χ1n) is 6.82. The van der Waals surface area contributed by atoms with Gasteiger partial charge in [0.2, 0.25) is 0 Å². The fourth-order valence-electron chi connectivity index (χ4n) is 2.03. The molecule has 0 aliphatic carbocycles. The number of rotatable bonds is 4. The molecule has 1 aliphatic rings. The number of carbonyl (C=O) groups is 2. The van der Waals surface area contributed by atoms with Gasteiger partial charge in [0, 0.05) is 5.02 Å². The van der Waals surface area contributed by atoms with Gasteiger partial charge in [-0.2, -0.15) is 0 Å². The zero-order chi connectivity index (χ0) is 16.2. The Hall–Kier alpha value is -2.24. The van der Waals surface area contributed by atoms with Crippen molar-refractivity contribution >= 4 is 40.6 Å². The molecule has 0 bridgehead atoms. The van der Waals surface area contributed by atoms with Crippen LogP contribution in [-0.4, -0.2) is 11.1 Å². The molecule has 23 heavy (non-hydrogen) atoms. The summed E-state index contributed by atoms with van der Waals surface area (Å²) in [6, 6.07) is 14.8. The summed E-state index contributed by atoms with van der Waals surface area (Å²) >= 11 is 6.83. The summed E-state index contributed by atoms with van der Waals surface area (Å²) in [5.74, 6) is 0.355. The molecule has 6 heteroatoms. The van der Waals surface area contributed by atoms with Gasteiger partial charge >= 0.3 is 0 Å². The molecule has 4 nitrogen and oxygen atoms in total. The summed E-state index contributed by atoms with van der Waals surface area (Å²) in [6.07, 6.45) is 1.67. The molecule has 0 atom stereocenters. The number of carbonyl (C=O) groups excluding carboxylic acids is 2. The van der Waals surface area contributed by atoms with E-state index in [1.807, 2.05) is 48.5 Å². The Morgan fingerprint density at radius 2 is 1.91 bits per heavy atom. The molecular weight excluding hydrogens is 334 g/mol. The van der Waals surface area contributed by atoms with E-state index < -0.39 is 0 Å². The smallest absolute Gasteiger partial charge is 0.290 e. The number of halogens is 1. The lowest BCUT2D eigenvalue weighted by atomic mass is 10.2. The average Bonchev–Trinajstić information content (AvgIpc) is 2.84. The van der Waals surface area contributed by atoms with Crippen LogP contribution in [-0.2, 0) is 11.4 Å². The minimum atomic E-state index is -0.360. The molecule has 0 aromatic heterocycles. The van der Waals surface area contributed by atoms with Crippen molar-refractivity contribution in [2.45, 2.75) is 6.61 Å². The molecule has 1 fully saturated rings. The normalized spacial score (nSPS) is 15.8. The van der Waals surface area contributed by atoms with Crippen LogP contribution >= 0.6 is 23.4 Å². The van der Waals surface area contributed by atoms with Crippen LogP contribution in [0.5, 0.6) is 5.75 Å². The molecule has 1 heterocycles. The van der Waals surface area contributed by atoms with Crippen molar-refractivity contribution in [3.8, 4) is 5.75 Å². The highest BCUT2D eigenvalue weighted by Crippen LogP contribution is 2.26. The molecule has 1 saturated heterocycles. The van der Waals surface area contributed by atoms with Crippen LogP contribution in [0, 0.1) is 0 Å². The summed E-state index contributed by atoms with van der Waals surface area (Å²) in [5, 5.41) is 2.55. The predicted octanol–water partition coefficient (Wildman–Crippen LogP) is 4.24. The zero-order valence-electron chi connectivity index (χ0n) is 11.9. The maximum atomic E-state index is 11.5. The second kappa shape index (κ2) is 6.89. The number of benzene rings is 2. The van der Waals surface area contributed by atoms with Crippen LogP contribution in [0.3, 0.4) is 0 Å². The summed E-state index contributed by atoms with van der Waals surface area (Å²) in [6.45, 7) is 0.424. The number of ether oxygens (including phenoxy) is 1. The van der Waals surface area contributed by atoms with E-state index in [2.05, 4.69) is 5.32 Å². The fraction of sp³-hybridized carbons (Fsp3) is 0.0588. The van der Waals surface area contributed by atoms with Crippen LogP contribution in [0.2, 0.25) is 5.02 Å². The van der Waals surface area contributed by atoms with E-state index in [-0.39, 0.29) is 11.1 Å². The lowest BCUT2D eigenvalue weighted by Gasteiger charge is -2.07. The molecule has 2 aromatic rings. The molecule has 2 aromatic carbocycles. The number of imide groups is 1. The quantitative estimate of drug-likeness (QED) is 0.842. The highest BCUT2D eigenvalue weighted by molar-refractivity contribution is 8.18. The number of thioether (sulfide) groups is 1. The number of nitrogens with one attached hydrogen (secondary N) is 1. The molecule has 0 unspecified atom stereocenters. The summed E-state index contributed by atoms with van der Waals surface area (Å²) < 4.78 is 5.69. The van der Waals surface area contributed by atoms with E-state index in [1.54, 1.807) is 6.08 Å². The standard InChI is InChI=1S/C17H12ClNO3S/c18-13-3-1-2-12(8-13)10-22-14-6-4-11(5-7-14)9-15-16(20)19-17(21)23-15/h1-9H,10H2,(H,19,20,21). The van der Waals surface area contributed by atoms with Gasteiger partial charge in [0.15, 0.2) is 0 Å². The molecule has 116 valence electrons. The van der Waals surface area contributed by atoms with Gasteiger partial charge in [0.25, 0.3) is 11.1 Å². The molecule has 0 radical (unpaired) electrons. The summed E-state index contributed by atoms with van der Waals surface area (Å²) in [4.78, 5) is 23.0. The zero-order valence-corrected chi connectivity index (χ0v) is 13.5. The highest BCUT2D eigenvalue weighted by Gasteiger charge is 2.24. The maximum absolute atomic E-state index is 11.5. The number of hydrogen-bond donors (Lipinski definition) is 1. The van der Waals surface area contributed by atoms with E-state index in [9.17, 15) is 9.59 Å². The SMILES string of the molecule is O=C1NC(=O)C(=Cc2ccc(OCc3cccc(Cl)c3)cc2)S1. The van der Waals surface area contributed by atoms with Crippen molar-refractivity contribution in [1.29, 1.82) is 0 Å². The van der Waals surface area contributed by atoms with Gasteiger partial charge in [-0.1, -0.05) is 35.9 Å². The number of hydrogen-bond acceptors (Lipinski definition) is 4. The first-order valence-corrected chi connectivity index (χ1v) is 8.02. The van der Waals surface area contributed by atoms with Crippen LogP contribution in [0.25, 0.3) is 6.08 Å². The Balaban J connectivity index is 1.64. The molecule has 0 saturated carbocycles. The van der Waals surface area contributed by atoms with Gasteiger partial charge in [-0.15, -0.1) is 0 Å². The second-order valence-corrected chi connectivity index (χ2v) is 6.29. The van der Waals surface area contributed by atoms with Crippen LogP contribution < -0.4 is 10.1 Å². The second-order valence-electron chi connectivity index (χ2n) is 4.84. The van der Waals surface area contributed by atoms with E-state index in [4.69, 9.17) is 16.3 Å². The van der Waals surface area contributed by atoms with Crippen molar-refractivity contribution < 1.29 is 14.3 Å². The Morgan fingerprint density at radius 3 is 2.57 bits per heavy atom. The van der Waals surface area contributed by atoms with Gasteiger partial charge in [-0.05, 0) is 53.2 Å². The molecule has 2 amide bonds. The van der Waals surface area contributed by atoms with E-state index in [0.29, 0.717) is 22.3 Å².